The zero-order valence-electron chi connectivity index (χ0n) is 13.2. The van der Waals surface area contributed by atoms with E-state index in [0.717, 1.165) is 29.9 Å². The minimum Gasteiger partial charge on any atom is -0.373 e. The summed E-state index contributed by atoms with van der Waals surface area (Å²) in [6.45, 7) is 14.4. The average Bonchev–Trinajstić information content (AvgIpc) is 2.58. The van der Waals surface area contributed by atoms with Crippen LogP contribution in [-0.4, -0.2) is 23.6 Å². The molecule has 0 N–H and O–H groups in total. The third-order valence-corrected chi connectivity index (χ3v) is 3.42. The molecule has 0 spiro atoms. The van der Waals surface area contributed by atoms with E-state index in [9.17, 15) is 4.79 Å². The van der Waals surface area contributed by atoms with Crippen LogP contribution < -0.4 is 0 Å². The molecule has 0 aliphatic carbocycles. The summed E-state index contributed by atoms with van der Waals surface area (Å²) in [5.41, 5.74) is 3.23. The van der Waals surface area contributed by atoms with Crippen LogP contribution in [0, 0.1) is 19.3 Å². The van der Waals surface area contributed by atoms with Crippen molar-refractivity contribution in [2.75, 3.05) is 13.2 Å². The van der Waals surface area contributed by atoms with Crippen molar-refractivity contribution in [1.82, 2.24) is 4.57 Å². The molecule has 0 unspecified atom stereocenters. The Hall–Kier alpha value is -1.09. The SMILES string of the molecule is CCn1c(C)cc(C(=O)COCCC(C)(C)C)c1C. The lowest BCUT2D eigenvalue weighted by Gasteiger charge is -2.17. The fourth-order valence-corrected chi connectivity index (χ4v) is 2.19. The highest BCUT2D eigenvalue weighted by atomic mass is 16.5. The van der Waals surface area contributed by atoms with E-state index in [-0.39, 0.29) is 17.8 Å². The maximum absolute atomic E-state index is 12.1. The molecule has 0 aliphatic rings. The topological polar surface area (TPSA) is 31.2 Å². The minimum absolute atomic E-state index is 0.0849. The largest absolute Gasteiger partial charge is 0.373 e. The third kappa shape index (κ3) is 4.50. The van der Waals surface area contributed by atoms with Crippen molar-refractivity contribution in [2.24, 2.45) is 5.41 Å². The van der Waals surface area contributed by atoms with Gasteiger partial charge in [0.25, 0.3) is 0 Å². The summed E-state index contributed by atoms with van der Waals surface area (Å²) in [4.78, 5) is 12.1. The second-order valence-electron chi connectivity index (χ2n) is 6.32. The fourth-order valence-electron chi connectivity index (χ4n) is 2.19. The molecule has 0 aromatic carbocycles. The van der Waals surface area contributed by atoms with Crippen molar-refractivity contribution in [3.63, 3.8) is 0 Å². The highest BCUT2D eigenvalue weighted by molar-refractivity contribution is 5.98. The average molecular weight is 265 g/mol. The molecule has 0 radical (unpaired) electrons. The summed E-state index contributed by atoms with van der Waals surface area (Å²) in [5.74, 6) is 0.0849. The Bertz CT molecular complexity index is 438. The predicted octanol–water partition coefficient (Wildman–Crippen LogP) is 3.76. The first-order chi connectivity index (χ1) is 8.76. The molecule has 3 heteroatoms. The Balaban J connectivity index is 2.55. The number of aryl methyl sites for hydroxylation is 1. The summed E-state index contributed by atoms with van der Waals surface area (Å²) < 4.78 is 7.66. The van der Waals surface area contributed by atoms with Crippen molar-refractivity contribution in [3.8, 4) is 0 Å². The zero-order valence-corrected chi connectivity index (χ0v) is 13.2. The molecule has 0 saturated carbocycles. The first-order valence-corrected chi connectivity index (χ1v) is 7.04. The Labute approximate surface area is 117 Å². The van der Waals surface area contributed by atoms with Gasteiger partial charge in [0.15, 0.2) is 5.78 Å². The summed E-state index contributed by atoms with van der Waals surface area (Å²) in [6, 6.07) is 1.97. The van der Waals surface area contributed by atoms with E-state index in [0.29, 0.717) is 6.61 Å². The van der Waals surface area contributed by atoms with Crippen LogP contribution in [0.5, 0.6) is 0 Å². The number of hydrogen-bond donors (Lipinski definition) is 0. The molecule has 0 bridgehead atoms. The number of ketones is 1. The highest BCUT2D eigenvalue weighted by Crippen LogP contribution is 2.19. The molecule has 0 aliphatic heterocycles. The maximum Gasteiger partial charge on any atom is 0.190 e. The quantitative estimate of drug-likeness (QED) is 0.579. The van der Waals surface area contributed by atoms with Gasteiger partial charge in [-0.2, -0.15) is 0 Å². The summed E-state index contributed by atoms with van der Waals surface area (Å²) in [6.07, 6.45) is 0.967. The van der Waals surface area contributed by atoms with Gasteiger partial charge < -0.3 is 9.30 Å². The van der Waals surface area contributed by atoms with E-state index in [4.69, 9.17) is 4.74 Å². The molecular formula is C16H27NO2. The van der Waals surface area contributed by atoms with Gasteiger partial charge in [0.1, 0.15) is 6.61 Å². The lowest BCUT2D eigenvalue weighted by atomic mass is 9.93. The summed E-state index contributed by atoms with van der Waals surface area (Å²) in [7, 11) is 0. The number of rotatable bonds is 6. The standard InChI is InChI=1S/C16H27NO2/c1-7-17-12(2)10-14(13(17)3)15(18)11-19-9-8-16(4,5)6/h10H,7-9,11H2,1-6H3. The molecule has 1 heterocycles. The molecular weight excluding hydrogens is 238 g/mol. The zero-order chi connectivity index (χ0) is 14.6. The molecule has 0 atom stereocenters. The molecule has 1 aromatic heterocycles. The number of hydrogen-bond acceptors (Lipinski definition) is 2. The van der Waals surface area contributed by atoms with Crippen LogP contribution in [-0.2, 0) is 11.3 Å². The minimum atomic E-state index is 0.0849. The van der Waals surface area contributed by atoms with Crippen molar-refractivity contribution in [2.45, 2.75) is 54.5 Å². The van der Waals surface area contributed by atoms with E-state index in [1.54, 1.807) is 0 Å². The molecule has 108 valence electrons. The monoisotopic (exact) mass is 265 g/mol. The van der Waals surface area contributed by atoms with Crippen LogP contribution in [0.1, 0.15) is 55.9 Å². The van der Waals surface area contributed by atoms with E-state index in [1.165, 1.54) is 0 Å². The van der Waals surface area contributed by atoms with E-state index in [1.807, 2.05) is 19.9 Å². The van der Waals surface area contributed by atoms with Gasteiger partial charge in [-0.3, -0.25) is 4.79 Å². The lowest BCUT2D eigenvalue weighted by Crippen LogP contribution is -2.14. The molecule has 1 rings (SSSR count). The molecule has 19 heavy (non-hydrogen) atoms. The number of carbonyl (C=O) groups excluding carboxylic acids is 1. The Morgan fingerprint density at radius 2 is 1.95 bits per heavy atom. The summed E-state index contributed by atoms with van der Waals surface area (Å²) >= 11 is 0. The van der Waals surface area contributed by atoms with Crippen LogP contribution in [0.25, 0.3) is 0 Å². The third-order valence-electron chi connectivity index (χ3n) is 3.42. The van der Waals surface area contributed by atoms with Crippen molar-refractivity contribution in [1.29, 1.82) is 0 Å². The van der Waals surface area contributed by atoms with Gasteiger partial charge in [0.2, 0.25) is 0 Å². The number of nitrogens with zero attached hydrogens (tertiary/aromatic N) is 1. The number of aromatic nitrogens is 1. The van der Waals surface area contributed by atoms with Crippen LogP contribution in [0.3, 0.4) is 0 Å². The van der Waals surface area contributed by atoms with Crippen molar-refractivity contribution < 1.29 is 9.53 Å². The Morgan fingerprint density at radius 1 is 1.32 bits per heavy atom. The van der Waals surface area contributed by atoms with Gasteiger partial charge in [-0.25, -0.2) is 0 Å². The number of Topliss-reactive ketones (excluding diaryl/α,β-unsaturated/α-hetero) is 1. The number of carbonyl (C=O) groups is 1. The van der Waals surface area contributed by atoms with E-state index in [2.05, 4.69) is 32.3 Å². The van der Waals surface area contributed by atoms with Gasteiger partial charge >= 0.3 is 0 Å². The first-order valence-electron chi connectivity index (χ1n) is 7.04. The van der Waals surface area contributed by atoms with Crippen LogP contribution in [0.2, 0.25) is 0 Å². The second-order valence-corrected chi connectivity index (χ2v) is 6.32. The van der Waals surface area contributed by atoms with E-state index < -0.39 is 0 Å². The lowest BCUT2D eigenvalue weighted by molar-refractivity contribution is 0.0704. The summed E-state index contributed by atoms with van der Waals surface area (Å²) in [5, 5.41) is 0. The second kappa shape index (κ2) is 6.38. The molecule has 0 fully saturated rings. The predicted molar refractivity (Wildman–Crippen MR) is 78.8 cm³/mol. The highest BCUT2D eigenvalue weighted by Gasteiger charge is 2.15. The van der Waals surface area contributed by atoms with Crippen LogP contribution in [0.15, 0.2) is 6.07 Å². The normalized spacial score (nSPS) is 11.9. The Kier molecular flexibility index (Phi) is 5.36. The maximum atomic E-state index is 12.1. The van der Waals surface area contributed by atoms with Crippen LogP contribution in [0.4, 0.5) is 0 Å². The van der Waals surface area contributed by atoms with Crippen molar-refractivity contribution >= 4 is 5.78 Å². The van der Waals surface area contributed by atoms with Gasteiger partial charge in [-0.05, 0) is 38.7 Å². The van der Waals surface area contributed by atoms with Gasteiger partial charge in [-0.1, -0.05) is 20.8 Å². The molecule has 0 amide bonds. The molecule has 1 aromatic rings. The number of ether oxygens (including phenoxy) is 1. The molecule has 3 nitrogen and oxygen atoms in total. The Morgan fingerprint density at radius 3 is 2.42 bits per heavy atom. The smallest absolute Gasteiger partial charge is 0.190 e. The van der Waals surface area contributed by atoms with Gasteiger partial charge in [0, 0.05) is 30.1 Å². The fraction of sp³-hybridized carbons (Fsp3) is 0.688. The van der Waals surface area contributed by atoms with Crippen LogP contribution >= 0.6 is 0 Å². The first kappa shape index (κ1) is 16.0. The van der Waals surface area contributed by atoms with Crippen molar-refractivity contribution in [3.05, 3.63) is 23.0 Å². The van der Waals surface area contributed by atoms with Gasteiger partial charge in [0.05, 0.1) is 0 Å². The van der Waals surface area contributed by atoms with E-state index >= 15 is 0 Å². The molecule has 0 saturated heterocycles. The van der Waals surface area contributed by atoms with Gasteiger partial charge in [-0.15, -0.1) is 0 Å².